The second-order valence-corrected chi connectivity index (χ2v) is 7.68. The quantitative estimate of drug-likeness (QED) is 0.773. The number of hydrogen-bond acceptors (Lipinski definition) is 3. The van der Waals surface area contributed by atoms with Gasteiger partial charge in [-0.3, -0.25) is 9.59 Å². The number of halogens is 3. The SMILES string of the molecule is CCN(CC(=O)Nc1ccccc1C(F)(F)F)C(=O)CC1CC2CCC(C1)N2. The van der Waals surface area contributed by atoms with Crippen molar-refractivity contribution in [3.05, 3.63) is 29.8 Å². The zero-order valence-corrected chi connectivity index (χ0v) is 15.9. The zero-order valence-electron chi connectivity index (χ0n) is 15.9. The Morgan fingerprint density at radius 3 is 2.43 bits per heavy atom. The molecular formula is C20H26F3N3O2. The maximum Gasteiger partial charge on any atom is 0.418 e. The maximum atomic E-state index is 13.1. The van der Waals surface area contributed by atoms with Crippen LogP contribution in [0, 0.1) is 5.92 Å². The second-order valence-electron chi connectivity index (χ2n) is 7.68. The molecule has 28 heavy (non-hydrogen) atoms. The summed E-state index contributed by atoms with van der Waals surface area (Å²) >= 11 is 0. The van der Waals surface area contributed by atoms with E-state index in [0.717, 1.165) is 31.7 Å². The van der Waals surface area contributed by atoms with Crippen LogP contribution in [-0.4, -0.2) is 41.9 Å². The van der Waals surface area contributed by atoms with Crippen LogP contribution in [0.3, 0.4) is 0 Å². The average molecular weight is 397 g/mol. The van der Waals surface area contributed by atoms with Crippen LogP contribution < -0.4 is 10.6 Å². The number of amides is 2. The van der Waals surface area contributed by atoms with Crippen molar-refractivity contribution >= 4 is 17.5 Å². The maximum absolute atomic E-state index is 13.1. The van der Waals surface area contributed by atoms with Crippen molar-refractivity contribution < 1.29 is 22.8 Å². The summed E-state index contributed by atoms with van der Waals surface area (Å²) in [6, 6.07) is 5.79. The van der Waals surface area contributed by atoms with Crippen LogP contribution in [0.2, 0.25) is 0 Å². The molecule has 3 rings (SSSR count). The Labute approximate surface area is 162 Å². The molecule has 0 aliphatic carbocycles. The Hall–Kier alpha value is -2.09. The highest BCUT2D eigenvalue weighted by molar-refractivity contribution is 5.95. The molecule has 2 bridgehead atoms. The molecule has 2 unspecified atom stereocenters. The molecule has 1 aromatic rings. The van der Waals surface area contributed by atoms with Gasteiger partial charge in [0.1, 0.15) is 0 Å². The number of alkyl halides is 3. The lowest BCUT2D eigenvalue weighted by molar-refractivity contribution is -0.137. The molecular weight excluding hydrogens is 371 g/mol. The Morgan fingerprint density at radius 2 is 1.82 bits per heavy atom. The summed E-state index contributed by atoms with van der Waals surface area (Å²) in [6.45, 7) is 1.85. The van der Waals surface area contributed by atoms with Gasteiger partial charge in [0.05, 0.1) is 17.8 Å². The first kappa shape index (κ1) is 20.6. The monoisotopic (exact) mass is 397 g/mol. The zero-order chi connectivity index (χ0) is 20.3. The molecule has 0 radical (unpaired) electrons. The van der Waals surface area contributed by atoms with E-state index in [1.54, 1.807) is 6.92 Å². The predicted octanol–water partition coefficient (Wildman–Crippen LogP) is 3.41. The molecule has 2 N–H and O–H groups in total. The molecule has 0 spiro atoms. The van der Waals surface area contributed by atoms with Crippen LogP contribution in [0.1, 0.15) is 44.6 Å². The number of nitrogens with one attached hydrogen (secondary N) is 2. The molecule has 2 atom stereocenters. The molecule has 154 valence electrons. The molecule has 8 heteroatoms. The Balaban J connectivity index is 1.57. The van der Waals surface area contributed by atoms with Crippen LogP contribution in [0.15, 0.2) is 24.3 Å². The van der Waals surface area contributed by atoms with Crippen molar-refractivity contribution in [2.45, 2.75) is 57.3 Å². The lowest BCUT2D eigenvalue weighted by Gasteiger charge is -2.30. The summed E-state index contributed by atoms with van der Waals surface area (Å²) in [5, 5.41) is 5.83. The second kappa shape index (κ2) is 8.51. The number of fused-ring (bicyclic) bond motifs is 2. The molecule has 2 aliphatic rings. The molecule has 5 nitrogen and oxygen atoms in total. The normalized spacial score (nSPS) is 24.1. The van der Waals surface area contributed by atoms with Gasteiger partial charge in [-0.25, -0.2) is 0 Å². The topological polar surface area (TPSA) is 61.4 Å². The van der Waals surface area contributed by atoms with Gasteiger partial charge in [-0.2, -0.15) is 13.2 Å². The van der Waals surface area contributed by atoms with Gasteiger partial charge >= 0.3 is 6.18 Å². The fourth-order valence-electron chi connectivity index (χ4n) is 4.30. The number of carbonyl (C=O) groups is 2. The number of para-hydroxylation sites is 1. The third-order valence-corrected chi connectivity index (χ3v) is 5.61. The molecule has 1 aromatic carbocycles. The lowest BCUT2D eigenvalue weighted by atomic mass is 9.89. The number of benzene rings is 1. The van der Waals surface area contributed by atoms with Crippen molar-refractivity contribution in [1.29, 1.82) is 0 Å². The van der Waals surface area contributed by atoms with Gasteiger partial charge in [0.15, 0.2) is 0 Å². The van der Waals surface area contributed by atoms with E-state index < -0.39 is 17.6 Å². The van der Waals surface area contributed by atoms with E-state index in [1.807, 2.05) is 0 Å². The number of piperidine rings is 1. The third-order valence-electron chi connectivity index (χ3n) is 5.61. The highest BCUT2D eigenvalue weighted by Crippen LogP contribution is 2.35. The van der Waals surface area contributed by atoms with E-state index in [4.69, 9.17) is 0 Å². The number of anilines is 1. The summed E-state index contributed by atoms with van der Waals surface area (Å²) in [5.41, 5.74) is -1.19. The van der Waals surface area contributed by atoms with E-state index >= 15 is 0 Å². The number of rotatable bonds is 6. The van der Waals surface area contributed by atoms with E-state index in [0.29, 0.717) is 31.0 Å². The van der Waals surface area contributed by atoms with E-state index in [-0.39, 0.29) is 18.1 Å². The molecule has 0 saturated carbocycles. The lowest BCUT2D eigenvalue weighted by Crippen LogP contribution is -2.42. The molecule has 2 amide bonds. The largest absolute Gasteiger partial charge is 0.418 e. The van der Waals surface area contributed by atoms with Gasteiger partial charge in [0.2, 0.25) is 11.8 Å². The first-order chi connectivity index (χ1) is 13.3. The minimum absolute atomic E-state index is 0.118. The highest BCUT2D eigenvalue weighted by Gasteiger charge is 2.35. The van der Waals surface area contributed by atoms with Gasteiger partial charge in [-0.15, -0.1) is 0 Å². The fourth-order valence-corrected chi connectivity index (χ4v) is 4.30. The smallest absolute Gasteiger partial charge is 0.334 e. The highest BCUT2D eigenvalue weighted by atomic mass is 19.4. The van der Waals surface area contributed by atoms with E-state index in [2.05, 4.69) is 10.6 Å². The van der Waals surface area contributed by atoms with Crippen molar-refractivity contribution in [2.75, 3.05) is 18.4 Å². The first-order valence-electron chi connectivity index (χ1n) is 9.76. The summed E-state index contributed by atoms with van der Waals surface area (Å²) in [5.74, 6) is -0.445. The van der Waals surface area contributed by atoms with Gasteiger partial charge in [0.25, 0.3) is 0 Å². The van der Waals surface area contributed by atoms with Crippen molar-refractivity contribution in [2.24, 2.45) is 5.92 Å². The molecule has 0 aromatic heterocycles. The molecule has 2 heterocycles. The minimum Gasteiger partial charge on any atom is -0.334 e. The number of carbonyl (C=O) groups excluding carboxylic acids is 2. The summed E-state index contributed by atoms with van der Waals surface area (Å²) in [4.78, 5) is 26.3. The van der Waals surface area contributed by atoms with Crippen LogP contribution in [-0.2, 0) is 15.8 Å². The van der Waals surface area contributed by atoms with E-state index in [1.165, 1.54) is 23.1 Å². The molecule has 2 aliphatic heterocycles. The first-order valence-corrected chi connectivity index (χ1v) is 9.76. The molecule has 2 fully saturated rings. The standard InChI is InChI=1S/C20H26F3N3O2/c1-2-26(19(28)11-13-9-14-7-8-15(10-13)24-14)12-18(27)25-17-6-4-3-5-16(17)20(21,22)23/h3-6,13-15,24H,2,7-12H2,1H3,(H,25,27). The van der Waals surface area contributed by atoms with Gasteiger partial charge < -0.3 is 15.5 Å². The summed E-state index contributed by atoms with van der Waals surface area (Å²) < 4.78 is 39.2. The fraction of sp³-hybridized carbons (Fsp3) is 0.600. The summed E-state index contributed by atoms with van der Waals surface area (Å²) in [6.07, 6.45) is 0.0467. The number of likely N-dealkylation sites (N-methyl/N-ethyl adjacent to an activating group) is 1. The summed E-state index contributed by atoms with van der Waals surface area (Å²) in [7, 11) is 0. The number of hydrogen-bond donors (Lipinski definition) is 2. The van der Waals surface area contributed by atoms with E-state index in [9.17, 15) is 22.8 Å². The number of nitrogens with zero attached hydrogens (tertiary/aromatic N) is 1. The van der Waals surface area contributed by atoms with Gasteiger partial charge in [0, 0.05) is 25.0 Å². The van der Waals surface area contributed by atoms with Crippen molar-refractivity contribution in [3.8, 4) is 0 Å². The Kier molecular flexibility index (Phi) is 6.27. The Bertz CT molecular complexity index is 711. The van der Waals surface area contributed by atoms with Gasteiger partial charge in [-0.1, -0.05) is 12.1 Å². The van der Waals surface area contributed by atoms with Gasteiger partial charge in [-0.05, 0) is 50.7 Å². The molecule has 2 saturated heterocycles. The van der Waals surface area contributed by atoms with Crippen LogP contribution in [0.25, 0.3) is 0 Å². The van der Waals surface area contributed by atoms with Crippen LogP contribution in [0.5, 0.6) is 0 Å². The third kappa shape index (κ3) is 5.04. The predicted molar refractivity (Wildman–Crippen MR) is 99.6 cm³/mol. The van der Waals surface area contributed by atoms with Crippen LogP contribution >= 0.6 is 0 Å². The van der Waals surface area contributed by atoms with Crippen molar-refractivity contribution in [1.82, 2.24) is 10.2 Å². The average Bonchev–Trinajstić information content (AvgIpc) is 2.97. The minimum atomic E-state index is -4.56. The van der Waals surface area contributed by atoms with Crippen molar-refractivity contribution in [3.63, 3.8) is 0 Å². The van der Waals surface area contributed by atoms with Crippen LogP contribution in [0.4, 0.5) is 18.9 Å². The Morgan fingerprint density at radius 1 is 1.18 bits per heavy atom.